The molecule has 6 rings (SSSR count). The van der Waals surface area contributed by atoms with Crippen LogP contribution in [0.3, 0.4) is 0 Å². The number of ether oxygens (including phenoxy) is 1. The Morgan fingerprint density at radius 3 is 2.37 bits per heavy atom. The fourth-order valence-electron chi connectivity index (χ4n) is 4.89. The molecule has 218 valence electrons. The summed E-state index contributed by atoms with van der Waals surface area (Å²) < 4.78 is 21.6. The Morgan fingerprint density at radius 2 is 1.67 bits per heavy atom. The van der Waals surface area contributed by atoms with Gasteiger partial charge in [0.15, 0.2) is 11.6 Å². The summed E-state index contributed by atoms with van der Waals surface area (Å²) in [5, 5.41) is 9.63. The summed E-state index contributed by atoms with van der Waals surface area (Å²) in [4.78, 5) is 40.5. The Kier molecular flexibility index (Phi) is 7.75. The lowest BCUT2D eigenvalue weighted by molar-refractivity contribution is -0.116. The van der Waals surface area contributed by atoms with E-state index in [1.165, 1.54) is 19.1 Å². The van der Waals surface area contributed by atoms with Crippen LogP contribution >= 0.6 is 0 Å². The first-order valence-electron chi connectivity index (χ1n) is 13.8. The molecule has 11 nitrogen and oxygen atoms in total. The van der Waals surface area contributed by atoms with Crippen molar-refractivity contribution in [2.75, 3.05) is 41.8 Å². The second-order valence-corrected chi connectivity index (χ2v) is 10.3. The summed E-state index contributed by atoms with van der Waals surface area (Å²) in [6, 6.07) is 12.9. The average molecular weight is 581 g/mol. The van der Waals surface area contributed by atoms with E-state index < -0.39 is 11.8 Å². The number of hydrogen-bond acceptors (Lipinski definition) is 8. The summed E-state index contributed by atoms with van der Waals surface area (Å²) in [5.74, 6) is 0.575. The number of pyridine rings is 1. The highest BCUT2D eigenvalue weighted by Gasteiger charge is 2.20. The van der Waals surface area contributed by atoms with Gasteiger partial charge in [-0.05, 0) is 55.0 Å². The molecule has 3 aromatic heterocycles. The first-order valence-corrected chi connectivity index (χ1v) is 13.8. The Bertz CT molecular complexity index is 1820. The normalized spacial score (nSPS) is 13.2. The smallest absolute Gasteiger partial charge is 0.323 e. The zero-order valence-electron chi connectivity index (χ0n) is 23.7. The third-order valence-corrected chi connectivity index (χ3v) is 7.02. The van der Waals surface area contributed by atoms with E-state index in [0.29, 0.717) is 48.8 Å². The van der Waals surface area contributed by atoms with E-state index in [4.69, 9.17) is 19.7 Å². The number of hydrogen-bond donors (Lipinski definition) is 2. The van der Waals surface area contributed by atoms with E-state index >= 15 is 0 Å². The van der Waals surface area contributed by atoms with Crippen LogP contribution in [0, 0.1) is 5.82 Å². The Labute approximate surface area is 246 Å². The van der Waals surface area contributed by atoms with Gasteiger partial charge in [0, 0.05) is 67.0 Å². The van der Waals surface area contributed by atoms with Crippen LogP contribution in [0.2, 0.25) is 0 Å². The van der Waals surface area contributed by atoms with Gasteiger partial charge in [0.25, 0.3) is 0 Å². The van der Waals surface area contributed by atoms with Crippen molar-refractivity contribution in [3.63, 3.8) is 0 Å². The molecular formula is C31H29FN8O3. The van der Waals surface area contributed by atoms with E-state index in [-0.39, 0.29) is 23.5 Å². The number of ketones is 1. The molecule has 0 aliphatic carbocycles. The van der Waals surface area contributed by atoms with Gasteiger partial charge in [-0.1, -0.05) is 6.07 Å². The number of halogens is 1. The number of benzene rings is 2. The number of nitrogens with one attached hydrogen (secondary N) is 2. The number of rotatable bonds is 7. The fraction of sp³-hybridized carbons (Fsp3) is 0.226. The largest absolute Gasteiger partial charge is 0.378 e. The highest BCUT2D eigenvalue weighted by molar-refractivity contribution is 6.00. The topological polar surface area (TPSA) is 127 Å². The Morgan fingerprint density at radius 1 is 0.930 bits per heavy atom. The van der Waals surface area contributed by atoms with E-state index in [2.05, 4.69) is 20.6 Å². The third-order valence-electron chi connectivity index (χ3n) is 7.02. The highest BCUT2D eigenvalue weighted by Crippen LogP contribution is 2.30. The van der Waals surface area contributed by atoms with E-state index in [0.717, 1.165) is 22.5 Å². The molecule has 4 heterocycles. The van der Waals surface area contributed by atoms with Crippen molar-refractivity contribution in [3.05, 3.63) is 78.5 Å². The minimum absolute atomic E-state index is 0.00169. The first kappa shape index (κ1) is 27.9. The van der Waals surface area contributed by atoms with Crippen molar-refractivity contribution in [3.8, 4) is 22.5 Å². The highest BCUT2D eigenvalue weighted by atomic mass is 19.1. The zero-order valence-corrected chi connectivity index (χ0v) is 23.7. The van der Waals surface area contributed by atoms with Gasteiger partial charge in [0.05, 0.1) is 24.9 Å². The second kappa shape index (κ2) is 11.9. The lowest BCUT2D eigenvalue weighted by atomic mass is 10.1. The number of carbonyl (C=O) groups is 2. The number of aryl methyl sites for hydroxylation is 1. The van der Waals surface area contributed by atoms with Gasteiger partial charge in [-0.15, -0.1) is 0 Å². The van der Waals surface area contributed by atoms with Crippen LogP contribution in [0.5, 0.6) is 0 Å². The van der Waals surface area contributed by atoms with E-state index in [1.54, 1.807) is 29.1 Å². The maximum Gasteiger partial charge on any atom is 0.323 e. The number of carbonyl (C=O) groups excluding carboxylic acids is 2. The fourth-order valence-corrected chi connectivity index (χ4v) is 4.89. The van der Waals surface area contributed by atoms with Crippen molar-refractivity contribution >= 4 is 40.0 Å². The first-order chi connectivity index (χ1) is 20.8. The molecule has 5 aromatic rings. The van der Waals surface area contributed by atoms with Crippen LogP contribution in [0.4, 0.5) is 26.4 Å². The molecule has 2 amide bonds. The summed E-state index contributed by atoms with van der Waals surface area (Å²) >= 11 is 0. The molecular weight excluding hydrogens is 551 g/mol. The van der Waals surface area contributed by atoms with Gasteiger partial charge in [-0.3, -0.25) is 14.5 Å². The summed E-state index contributed by atoms with van der Waals surface area (Å²) in [5.41, 5.74) is 5.10. The van der Waals surface area contributed by atoms with Crippen LogP contribution in [0.15, 0.2) is 67.1 Å². The molecule has 2 N–H and O–H groups in total. The number of morpholine rings is 1. The molecule has 1 aliphatic heterocycles. The second-order valence-electron chi connectivity index (χ2n) is 10.3. The molecule has 0 spiro atoms. The van der Waals surface area contributed by atoms with Gasteiger partial charge < -0.3 is 20.3 Å². The van der Waals surface area contributed by atoms with Gasteiger partial charge >= 0.3 is 6.03 Å². The van der Waals surface area contributed by atoms with Crippen molar-refractivity contribution in [2.45, 2.75) is 13.3 Å². The number of Topliss-reactive ketones (excluding diaryl/α,β-unsaturated/α-hetero) is 1. The molecule has 43 heavy (non-hydrogen) atoms. The van der Waals surface area contributed by atoms with Crippen molar-refractivity contribution in [2.24, 2.45) is 7.05 Å². The number of nitrogens with zero attached hydrogens (tertiary/aromatic N) is 6. The maximum atomic E-state index is 14.3. The Hall–Kier alpha value is -5.23. The van der Waals surface area contributed by atoms with Crippen LogP contribution in [-0.2, 0) is 23.0 Å². The van der Waals surface area contributed by atoms with Crippen LogP contribution in [-0.4, -0.2) is 62.9 Å². The van der Waals surface area contributed by atoms with Crippen LogP contribution in [0.1, 0.15) is 12.5 Å². The van der Waals surface area contributed by atoms with Gasteiger partial charge in [-0.25, -0.2) is 19.2 Å². The maximum absolute atomic E-state index is 14.3. The molecule has 0 bridgehead atoms. The average Bonchev–Trinajstić information content (AvgIpc) is 3.44. The monoisotopic (exact) mass is 580 g/mol. The summed E-state index contributed by atoms with van der Waals surface area (Å²) in [6.45, 7) is 3.99. The minimum atomic E-state index is -0.549. The third kappa shape index (κ3) is 6.33. The predicted octanol–water partition coefficient (Wildman–Crippen LogP) is 4.84. The standard InChI is InChI=1S/C31H29FN8O3/c1-19(41)13-21-5-8-25(15-26(21)32)36-31(42)35-24-6-3-20(4-7-24)29-37-27-14-22(23-17-34-39(2)18-23)16-33-28(27)30(38-29)40-9-11-43-12-10-40/h3-8,14-18H,9-13H2,1-2H3,(H2,35,36,42). The molecule has 0 unspecified atom stereocenters. The SMILES string of the molecule is CC(=O)Cc1ccc(NC(=O)Nc2ccc(-c3nc(N4CCOCC4)c4ncc(-c5cnn(C)c5)cc4n3)cc2)cc1F. The van der Waals surface area contributed by atoms with Crippen molar-refractivity contribution < 1.29 is 18.7 Å². The number of aromatic nitrogens is 5. The molecule has 1 fully saturated rings. The lowest BCUT2D eigenvalue weighted by Crippen LogP contribution is -2.37. The van der Waals surface area contributed by atoms with Crippen molar-refractivity contribution in [1.29, 1.82) is 0 Å². The molecule has 0 radical (unpaired) electrons. The lowest BCUT2D eigenvalue weighted by Gasteiger charge is -2.28. The zero-order chi connectivity index (χ0) is 29.9. The molecule has 1 saturated heterocycles. The molecule has 12 heteroatoms. The minimum Gasteiger partial charge on any atom is -0.378 e. The quantitative estimate of drug-likeness (QED) is 0.280. The predicted molar refractivity (Wildman–Crippen MR) is 161 cm³/mol. The molecule has 0 atom stereocenters. The van der Waals surface area contributed by atoms with Crippen LogP contribution in [0.25, 0.3) is 33.5 Å². The van der Waals surface area contributed by atoms with E-state index in [9.17, 15) is 14.0 Å². The van der Waals surface area contributed by atoms with Crippen LogP contribution < -0.4 is 15.5 Å². The molecule has 0 saturated carbocycles. The summed E-state index contributed by atoms with van der Waals surface area (Å²) in [6.07, 6.45) is 5.53. The van der Waals surface area contributed by atoms with Gasteiger partial charge in [0.1, 0.15) is 17.1 Å². The molecule has 2 aromatic carbocycles. The van der Waals surface area contributed by atoms with E-state index in [1.807, 2.05) is 37.6 Å². The van der Waals surface area contributed by atoms with Gasteiger partial charge in [-0.2, -0.15) is 5.10 Å². The summed E-state index contributed by atoms with van der Waals surface area (Å²) in [7, 11) is 1.87. The molecule has 1 aliphatic rings. The van der Waals surface area contributed by atoms with Gasteiger partial charge in [0.2, 0.25) is 0 Å². The van der Waals surface area contributed by atoms with Crippen molar-refractivity contribution in [1.82, 2.24) is 24.7 Å². The number of urea groups is 1. The number of anilines is 3. The number of fused-ring (bicyclic) bond motifs is 1. The Balaban J connectivity index is 1.24. The number of amides is 2.